The monoisotopic (exact) mass is 282 g/mol. The Kier molecular flexibility index (Phi) is 2.59. The first kappa shape index (κ1) is 12.2. The van der Waals surface area contributed by atoms with E-state index in [2.05, 4.69) is 20.3 Å². The second-order valence-corrected chi connectivity index (χ2v) is 6.50. The van der Waals surface area contributed by atoms with Gasteiger partial charge in [-0.1, -0.05) is 0 Å². The highest BCUT2D eigenvalue weighted by atomic mass is 32.2. The fourth-order valence-corrected chi connectivity index (χ4v) is 3.14. The maximum atomic E-state index is 12.5. The van der Waals surface area contributed by atoms with Gasteiger partial charge >= 0.3 is 0 Å². The van der Waals surface area contributed by atoms with Crippen LogP contribution in [0.15, 0.2) is 17.4 Å². The molecule has 19 heavy (non-hydrogen) atoms. The third-order valence-electron chi connectivity index (χ3n) is 3.18. The van der Waals surface area contributed by atoms with Crippen LogP contribution in [-0.2, 0) is 17.1 Å². The van der Waals surface area contributed by atoms with E-state index in [1.165, 1.54) is 18.1 Å². The number of nitrogens with one attached hydrogen (secondary N) is 1. The number of nitrogens with zero attached hydrogens (tertiary/aromatic N) is 5. The Balaban J connectivity index is 2.00. The molecule has 0 aromatic carbocycles. The zero-order valence-corrected chi connectivity index (χ0v) is 11.4. The number of H-pyrrole nitrogens is 1. The standard InChI is InChI=1S/C10H14N6O2S/c1-15-9(5-8(14-15)7-3-4-7)19(17,18)16(2)10-11-6-12-13-10/h5-7H,3-4H2,1-2H3,(H,11,12,13). The van der Waals surface area contributed by atoms with Crippen LogP contribution in [0.5, 0.6) is 0 Å². The molecule has 0 saturated heterocycles. The molecule has 2 heterocycles. The van der Waals surface area contributed by atoms with E-state index in [1.54, 1.807) is 13.1 Å². The van der Waals surface area contributed by atoms with Crippen molar-refractivity contribution >= 4 is 16.0 Å². The molecule has 1 saturated carbocycles. The van der Waals surface area contributed by atoms with Crippen LogP contribution in [0.4, 0.5) is 5.95 Å². The molecule has 0 aliphatic heterocycles. The summed E-state index contributed by atoms with van der Waals surface area (Å²) in [5.41, 5.74) is 0.840. The average molecular weight is 282 g/mol. The predicted octanol–water partition coefficient (Wildman–Crippen LogP) is 0.241. The van der Waals surface area contributed by atoms with Crippen LogP contribution < -0.4 is 4.31 Å². The van der Waals surface area contributed by atoms with Crippen molar-refractivity contribution in [1.29, 1.82) is 0 Å². The topological polar surface area (TPSA) is 96.8 Å². The Morgan fingerprint density at radius 3 is 2.79 bits per heavy atom. The highest BCUT2D eigenvalue weighted by molar-refractivity contribution is 7.92. The molecule has 3 rings (SSSR count). The van der Waals surface area contributed by atoms with Crippen LogP contribution in [-0.4, -0.2) is 40.4 Å². The molecule has 102 valence electrons. The Morgan fingerprint density at radius 2 is 2.21 bits per heavy atom. The fraction of sp³-hybridized carbons (Fsp3) is 0.500. The summed E-state index contributed by atoms with van der Waals surface area (Å²) in [6.07, 6.45) is 3.42. The summed E-state index contributed by atoms with van der Waals surface area (Å²) in [5.74, 6) is 0.583. The maximum Gasteiger partial charge on any atom is 0.283 e. The fourth-order valence-electron chi connectivity index (χ4n) is 1.90. The predicted molar refractivity (Wildman–Crippen MR) is 67.2 cm³/mol. The van der Waals surface area contributed by atoms with Crippen molar-refractivity contribution in [2.24, 2.45) is 7.05 Å². The van der Waals surface area contributed by atoms with Gasteiger partial charge in [0, 0.05) is 26.1 Å². The summed E-state index contributed by atoms with van der Waals surface area (Å²) in [7, 11) is -0.615. The van der Waals surface area contributed by atoms with Crippen LogP contribution in [0.3, 0.4) is 0 Å². The zero-order chi connectivity index (χ0) is 13.6. The summed E-state index contributed by atoms with van der Waals surface area (Å²) in [6.45, 7) is 0. The zero-order valence-electron chi connectivity index (χ0n) is 10.6. The minimum Gasteiger partial charge on any atom is -0.255 e. The van der Waals surface area contributed by atoms with E-state index in [9.17, 15) is 8.42 Å². The summed E-state index contributed by atoms with van der Waals surface area (Å²) in [4.78, 5) is 3.84. The van der Waals surface area contributed by atoms with Gasteiger partial charge in [-0.25, -0.2) is 9.40 Å². The number of hydrogen-bond acceptors (Lipinski definition) is 5. The van der Waals surface area contributed by atoms with Gasteiger partial charge in [0.1, 0.15) is 6.33 Å². The molecule has 0 radical (unpaired) electrons. The first-order chi connectivity index (χ1) is 9.00. The van der Waals surface area contributed by atoms with Crippen molar-refractivity contribution in [3.8, 4) is 0 Å². The van der Waals surface area contributed by atoms with Gasteiger partial charge in [0.05, 0.1) is 5.69 Å². The Bertz CT molecular complexity index is 686. The minimum absolute atomic E-state index is 0.160. The average Bonchev–Trinajstić information content (AvgIpc) is 2.92. The summed E-state index contributed by atoms with van der Waals surface area (Å²) >= 11 is 0. The second kappa shape index (κ2) is 4.05. The van der Waals surface area contributed by atoms with Crippen molar-refractivity contribution in [2.75, 3.05) is 11.4 Å². The van der Waals surface area contributed by atoms with Gasteiger partial charge in [0.25, 0.3) is 10.0 Å². The number of anilines is 1. The van der Waals surface area contributed by atoms with E-state index >= 15 is 0 Å². The van der Waals surface area contributed by atoms with Gasteiger partial charge < -0.3 is 0 Å². The van der Waals surface area contributed by atoms with Gasteiger partial charge in [-0.05, 0) is 12.8 Å². The molecule has 0 amide bonds. The van der Waals surface area contributed by atoms with Crippen LogP contribution in [0.2, 0.25) is 0 Å². The quantitative estimate of drug-likeness (QED) is 0.866. The Labute approximate surface area is 110 Å². The molecule has 0 atom stereocenters. The van der Waals surface area contributed by atoms with Crippen LogP contribution in [0.1, 0.15) is 24.5 Å². The van der Waals surface area contributed by atoms with Crippen LogP contribution in [0, 0.1) is 0 Å². The van der Waals surface area contributed by atoms with Crippen molar-refractivity contribution in [1.82, 2.24) is 25.0 Å². The number of aromatic nitrogens is 5. The van der Waals surface area contributed by atoms with Crippen molar-refractivity contribution < 1.29 is 8.42 Å². The van der Waals surface area contributed by atoms with Crippen molar-refractivity contribution in [2.45, 2.75) is 23.8 Å². The molecule has 0 spiro atoms. The first-order valence-corrected chi connectivity index (χ1v) is 7.32. The molecular weight excluding hydrogens is 268 g/mol. The molecule has 1 aliphatic carbocycles. The molecule has 2 aromatic rings. The molecule has 1 N–H and O–H groups in total. The Morgan fingerprint density at radius 1 is 1.47 bits per heavy atom. The van der Waals surface area contributed by atoms with Crippen LogP contribution in [0.25, 0.3) is 0 Å². The minimum atomic E-state index is -3.68. The molecule has 1 fully saturated rings. The molecular formula is C10H14N6O2S. The third-order valence-corrected chi connectivity index (χ3v) is 4.98. The van der Waals surface area contributed by atoms with E-state index < -0.39 is 10.0 Å². The van der Waals surface area contributed by atoms with Gasteiger partial charge in [0.2, 0.25) is 5.95 Å². The molecule has 9 heteroatoms. The lowest BCUT2D eigenvalue weighted by Gasteiger charge is -2.15. The molecule has 2 aromatic heterocycles. The van der Waals surface area contributed by atoms with Gasteiger partial charge in [-0.15, -0.1) is 0 Å². The summed E-state index contributed by atoms with van der Waals surface area (Å²) in [5, 5.41) is 10.6. The normalized spacial score (nSPS) is 15.7. The first-order valence-electron chi connectivity index (χ1n) is 5.88. The van der Waals surface area contributed by atoms with Crippen molar-refractivity contribution in [3.63, 3.8) is 0 Å². The number of hydrogen-bond donors (Lipinski definition) is 1. The highest BCUT2D eigenvalue weighted by Gasteiger charge is 2.32. The molecule has 0 unspecified atom stereocenters. The maximum absolute atomic E-state index is 12.5. The van der Waals surface area contributed by atoms with Crippen molar-refractivity contribution in [3.05, 3.63) is 18.1 Å². The van der Waals surface area contributed by atoms with E-state index in [1.807, 2.05) is 0 Å². The van der Waals surface area contributed by atoms with E-state index in [4.69, 9.17) is 0 Å². The van der Waals surface area contributed by atoms with Gasteiger partial charge in [0.15, 0.2) is 5.03 Å². The lowest BCUT2D eigenvalue weighted by molar-refractivity contribution is 0.574. The number of sulfonamides is 1. The number of aromatic amines is 1. The van der Waals surface area contributed by atoms with E-state index in [0.29, 0.717) is 5.92 Å². The SMILES string of the molecule is CN(c1ncn[nH]1)S(=O)(=O)c1cc(C2CC2)nn1C. The summed E-state index contributed by atoms with van der Waals surface area (Å²) in [6, 6.07) is 1.64. The van der Waals surface area contributed by atoms with Crippen LogP contribution >= 0.6 is 0 Å². The Hall–Kier alpha value is -1.90. The lowest BCUT2D eigenvalue weighted by Crippen LogP contribution is -2.29. The third kappa shape index (κ3) is 1.99. The van der Waals surface area contributed by atoms with E-state index in [-0.39, 0.29) is 11.0 Å². The molecule has 0 bridgehead atoms. The highest BCUT2D eigenvalue weighted by Crippen LogP contribution is 2.40. The smallest absolute Gasteiger partial charge is 0.255 e. The van der Waals surface area contributed by atoms with E-state index in [0.717, 1.165) is 22.8 Å². The van der Waals surface area contributed by atoms with Gasteiger partial charge in [-0.2, -0.15) is 23.6 Å². The largest absolute Gasteiger partial charge is 0.283 e. The summed E-state index contributed by atoms with van der Waals surface area (Å²) < 4.78 is 27.4. The lowest BCUT2D eigenvalue weighted by atomic mass is 10.3. The number of aryl methyl sites for hydroxylation is 1. The second-order valence-electron chi connectivity index (χ2n) is 4.59. The number of rotatable bonds is 4. The molecule has 8 nitrogen and oxygen atoms in total. The molecule has 1 aliphatic rings. The van der Waals surface area contributed by atoms with Gasteiger partial charge in [-0.3, -0.25) is 4.68 Å².